The highest BCUT2D eigenvalue weighted by atomic mass is 16.5. The Bertz CT molecular complexity index is 3990. The van der Waals surface area contributed by atoms with Crippen molar-refractivity contribution >= 4 is 44.6 Å². The van der Waals surface area contributed by atoms with E-state index in [4.69, 9.17) is 13.8 Å². The average Bonchev–Trinajstić information content (AvgIpc) is 4.08. The monoisotopic (exact) mass is 927 g/mol. The zero-order valence-corrected chi connectivity index (χ0v) is 39.2. The first-order chi connectivity index (χ1) is 36.8. The van der Waals surface area contributed by atoms with Crippen molar-refractivity contribution < 1.29 is 8.85 Å². The van der Waals surface area contributed by atoms with Gasteiger partial charge in [-0.25, -0.2) is 4.98 Å². The molecule has 10 aromatic carbocycles. The first kappa shape index (κ1) is 39.4. The predicted molar refractivity (Wildman–Crippen MR) is 299 cm³/mol. The zero-order chi connectivity index (χ0) is 50.5. The van der Waals surface area contributed by atoms with Crippen LogP contribution in [0.3, 0.4) is 0 Å². The zero-order valence-electron chi connectivity index (χ0n) is 42.2. The molecule has 0 radical (unpaired) electrons. The van der Waals surface area contributed by atoms with Gasteiger partial charge in [0.15, 0.2) is 0 Å². The van der Waals surface area contributed by atoms with E-state index in [9.17, 15) is 0 Å². The molecule has 2 aromatic heterocycles. The molecule has 1 aliphatic heterocycles. The molecule has 3 heterocycles. The van der Waals surface area contributed by atoms with Crippen LogP contribution < -0.4 is 14.5 Å². The van der Waals surface area contributed by atoms with Crippen molar-refractivity contribution in [2.75, 3.05) is 16.5 Å². The summed E-state index contributed by atoms with van der Waals surface area (Å²) < 4.78 is 35.5. The van der Waals surface area contributed by atoms with Crippen LogP contribution in [0, 0.1) is 6.85 Å². The number of hydrogen-bond donors (Lipinski definition) is 0. The fraction of sp³-hybridized carbons (Fsp3) is 0.0299. The van der Waals surface area contributed by atoms with Crippen LogP contribution in [0.5, 0.6) is 11.5 Å². The lowest BCUT2D eigenvalue weighted by molar-refractivity contribution is 0.485. The molecule has 0 aliphatic carbocycles. The summed E-state index contributed by atoms with van der Waals surface area (Å²) in [4.78, 5) is 9.85. The van der Waals surface area contributed by atoms with Crippen LogP contribution in [0.1, 0.15) is 9.68 Å². The van der Waals surface area contributed by atoms with E-state index in [0.29, 0.717) is 29.5 Å². The summed E-state index contributed by atoms with van der Waals surface area (Å²) in [5.41, 5.74) is 16.3. The molecule has 1 aliphatic rings. The summed E-state index contributed by atoms with van der Waals surface area (Å²) in [6.45, 7) is -1.85. The Morgan fingerprint density at radius 3 is 1.58 bits per heavy atom. The lowest BCUT2D eigenvalue weighted by atomic mass is 9.95. The number of aromatic nitrogens is 2. The molecular formula is C67H48N4O. The second kappa shape index (κ2) is 18.1. The molecule has 0 saturated heterocycles. The summed E-state index contributed by atoms with van der Waals surface area (Å²) in [6, 6.07) is 87.6. The van der Waals surface area contributed by atoms with Crippen LogP contribution >= 0.6 is 0 Å². The molecule has 342 valence electrons. The highest BCUT2D eigenvalue weighted by Gasteiger charge is 2.31. The van der Waals surface area contributed by atoms with Gasteiger partial charge in [0.25, 0.3) is 0 Å². The first-order valence-corrected chi connectivity index (χ1v) is 24.3. The molecule has 13 rings (SSSR count). The SMILES string of the molecule is [2H]C([2H])([2H])c1cc(-n2c3ccc(-c4ccccc4)cc3c3cc(-c4ccccc4)c(Oc4cccc(N5CN(c6c(-c7ccccc7)cccc6-c6ccccc6)c6ccccc65)c4)cc32)ncc1-c1ccccc1. The number of fused-ring (bicyclic) bond motifs is 4. The standard InChI is InChI=1S/C67H48N4O/c1-46-39-66(68-44-60(46)51-29-15-6-16-30-51)71-61-38-37-52(47-21-7-2-8-22-47)40-58(61)59-42-57(50-27-13-5-14-28-50)65(43-64(59)71)72-54-32-19-31-53(41-54)69-45-70(63-36-18-17-35-62(63)69)67-55(48-23-9-3-10-24-48)33-20-34-56(67)49-25-11-4-12-26-49/h2-44H,45H2,1H3/i1D3. The fourth-order valence-electron chi connectivity index (χ4n) is 10.4. The number of nitrogens with zero attached hydrogens (tertiary/aromatic N) is 4. The number of anilines is 4. The normalized spacial score (nSPS) is 12.9. The molecule has 0 spiro atoms. The fourth-order valence-corrected chi connectivity index (χ4v) is 10.4. The van der Waals surface area contributed by atoms with Gasteiger partial charge in [-0.05, 0) is 94.3 Å². The van der Waals surface area contributed by atoms with E-state index in [1.54, 1.807) is 12.3 Å². The Hall–Kier alpha value is -9.45. The summed E-state index contributed by atoms with van der Waals surface area (Å²) in [7, 11) is 0. The van der Waals surface area contributed by atoms with Crippen LogP contribution in [0.25, 0.3) is 83.3 Å². The van der Waals surface area contributed by atoms with Crippen LogP contribution in [0.2, 0.25) is 0 Å². The molecule has 0 unspecified atom stereocenters. The average molecular weight is 928 g/mol. The van der Waals surface area contributed by atoms with Gasteiger partial charge in [0.2, 0.25) is 0 Å². The number of para-hydroxylation sites is 3. The molecule has 0 amide bonds. The van der Waals surface area contributed by atoms with Crippen molar-refractivity contribution in [2.45, 2.75) is 6.85 Å². The van der Waals surface area contributed by atoms with Gasteiger partial charge in [0, 0.05) is 61.2 Å². The Morgan fingerprint density at radius 1 is 0.417 bits per heavy atom. The first-order valence-electron chi connectivity index (χ1n) is 25.8. The van der Waals surface area contributed by atoms with Crippen molar-refractivity contribution in [2.24, 2.45) is 0 Å². The van der Waals surface area contributed by atoms with Crippen molar-refractivity contribution in [1.82, 2.24) is 9.55 Å². The Kier molecular flexibility index (Phi) is 9.92. The molecule has 0 atom stereocenters. The van der Waals surface area contributed by atoms with E-state index in [1.165, 1.54) is 0 Å². The maximum absolute atomic E-state index is 8.75. The minimum absolute atomic E-state index is 0.227. The largest absolute Gasteiger partial charge is 0.457 e. The van der Waals surface area contributed by atoms with Gasteiger partial charge in [-0.1, -0.05) is 194 Å². The molecule has 5 nitrogen and oxygen atoms in total. The van der Waals surface area contributed by atoms with E-state index < -0.39 is 6.85 Å². The molecule has 72 heavy (non-hydrogen) atoms. The van der Waals surface area contributed by atoms with Crippen molar-refractivity contribution in [3.05, 3.63) is 267 Å². The number of benzene rings is 10. The number of ether oxygens (including phenoxy) is 1. The molecule has 0 fully saturated rings. The summed E-state index contributed by atoms with van der Waals surface area (Å²) in [5.74, 6) is 1.80. The molecule has 12 aromatic rings. The van der Waals surface area contributed by atoms with Crippen LogP contribution in [0.4, 0.5) is 22.7 Å². The lowest BCUT2D eigenvalue weighted by Gasteiger charge is -2.27. The Balaban J connectivity index is 0.959. The molecule has 0 saturated carbocycles. The van der Waals surface area contributed by atoms with Crippen molar-refractivity contribution in [3.8, 4) is 73.0 Å². The highest BCUT2D eigenvalue weighted by Crippen LogP contribution is 2.51. The molecule has 0 N–H and O–H groups in total. The van der Waals surface area contributed by atoms with Crippen LogP contribution in [-0.4, -0.2) is 16.2 Å². The van der Waals surface area contributed by atoms with E-state index >= 15 is 0 Å². The number of hydrogen-bond acceptors (Lipinski definition) is 4. The molecular weight excluding hydrogens is 877 g/mol. The van der Waals surface area contributed by atoms with Gasteiger partial charge in [0.1, 0.15) is 24.0 Å². The number of pyridine rings is 1. The third-order valence-electron chi connectivity index (χ3n) is 13.8. The Morgan fingerprint density at radius 2 is 0.958 bits per heavy atom. The second-order valence-corrected chi connectivity index (χ2v) is 18.1. The molecule has 5 heteroatoms. The lowest BCUT2D eigenvalue weighted by Crippen LogP contribution is -2.24. The van der Waals surface area contributed by atoms with E-state index in [1.807, 2.05) is 60.7 Å². The van der Waals surface area contributed by atoms with Crippen LogP contribution in [-0.2, 0) is 0 Å². The van der Waals surface area contributed by atoms with Crippen molar-refractivity contribution in [3.63, 3.8) is 0 Å². The maximum Gasteiger partial charge on any atom is 0.137 e. The van der Waals surface area contributed by atoms with Crippen molar-refractivity contribution in [1.29, 1.82) is 0 Å². The van der Waals surface area contributed by atoms with E-state index in [2.05, 4.69) is 202 Å². The maximum atomic E-state index is 8.75. The van der Waals surface area contributed by atoms with Crippen LogP contribution in [0.15, 0.2) is 261 Å². The molecule has 0 bridgehead atoms. The van der Waals surface area contributed by atoms with Gasteiger partial charge in [-0.2, -0.15) is 0 Å². The number of aryl methyl sites for hydroxylation is 1. The minimum atomic E-state index is -2.41. The predicted octanol–water partition coefficient (Wildman–Crippen LogP) is 17.9. The topological polar surface area (TPSA) is 33.5 Å². The van der Waals surface area contributed by atoms with E-state index in [0.717, 1.165) is 94.6 Å². The summed E-state index contributed by atoms with van der Waals surface area (Å²) >= 11 is 0. The van der Waals surface area contributed by atoms with Gasteiger partial charge in [-0.15, -0.1) is 0 Å². The van der Waals surface area contributed by atoms with Gasteiger partial charge < -0.3 is 14.5 Å². The Labute approximate surface area is 424 Å². The third kappa shape index (κ3) is 7.65. The smallest absolute Gasteiger partial charge is 0.137 e. The van der Waals surface area contributed by atoms with Gasteiger partial charge in [0.05, 0.1) is 28.1 Å². The number of rotatable bonds is 10. The highest BCUT2D eigenvalue weighted by molar-refractivity contribution is 6.12. The summed E-state index contributed by atoms with van der Waals surface area (Å²) in [5, 5.41) is 1.98. The van der Waals surface area contributed by atoms with Gasteiger partial charge >= 0.3 is 0 Å². The minimum Gasteiger partial charge on any atom is -0.457 e. The quantitative estimate of drug-likeness (QED) is 0.137. The second-order valence-electron chi connectivity index (χ2n) is 18.1. The van der Waals surface area contributed by atoms with Gasteiger partial charge in [-0.3, -0.25) is 4.57 Å². The van der Waals surface area contributed by atoms with E-state index in [-0.39, 0.29) is 5.56 Å². The summed E-state index contributed by atoms with van der Waals surface area (Å²) in [6.07, 6.45) is 1.70. The third-order valence-corrected chi connectivity index (χ3v) is 13.8.